The second-order valence-corrected chi connectivity index (χ2v) is 5.93. The van der Waals surface area contributed by atoms with Gasteiger partial charge in [0, 0.05) is 24.8 Å². The summed E-state index contributed by atoms with van der Waals surface area (Å²) in [5, 5.41) is 9.23. The second kappa shape index (κ2) is 6.06. The van der Waals surface area contributed by atoms with E-state index in [1.54, 1.807) is 13.8 Å². The van der Waals surface area contributed by atoms with Crippen molar-refractivity contribution < 1.29 is 9.90 Å². The molecule has 0 aliphatic heterocycles. The molecule has 0 heterocycles. The van der Waals surface area contributed by atoms with Crippen molar-refractivity contribution in [2.75, 3.05) is 12.3 Å². The lowest BCUT2D eigenvalue weighted by Gasteiger charge is -2.32. The minimum Gasteiger partial charge on any atom is -0.481 e. The topological polar surface area (TPSA) is 66.6 Å². The molecule has 3 N–H and O–H groups in total. The summed E-state index contributed by atoms with van der Waals surface area (Å²) in [5.41, 5.74) is 6.80. The van der Waals surface area contributed by atoms with E-state index in [-0.39, 0.29) is 6.04 Å². The number of rotatable bonds is 6. The molecule has 1 aromatic carbocycles. The summed E-state index contributed by atoms with van der Waals surface area (Å²) in [6.07, 6.45) is 0. The predicted molar refractivity (Wildman–Crippen MR) is 77.8 cm³/mol. The normalized spacial score (nSPS) is 12.1. The van der Waals surface area contributed by atoms with Crippen LogP contribution >= 0.6 is 0 Å². The summed E-state index contributed by atoms with van der Waals surface area (Å²) in [6, 6.07) is 8.00. The van der Waals surface area contributed by atoms with Crippen LogP contribution in [0.1, 0.15) is 33.3 Å². The molecule has 0 amide bonds. The summed E-state index contributed by atoms with van der Waals surface area (Å²) in [7, 11) is 0. The van der Waals surface area contributed by atoms with E-state index in [9.17, 15) is 9.90 Å². The van der Waals surface area contributed by atoms with Crippen LogP contribution in [0.25, 0.3) is 0 Å². The van der Waals surface area contributed by atoms with Gasteiger partial charge in [0.2, 0.25) is 0 Å². The number of carboxylic acids is 1. The van der Waals surface area contributed by atoms with Gasteiger partial charge in [0.05, 0.1) is 5.41 Å². The summed E-state index contributed by atoms with van der Waals surface area (Å²) < 4.78 is 0. The number of nitrogens with zero attached hydrogens (tertiary/aromatic N) is 1. The fourth-order valence-corrected chi connectivity index (χ4v) is 1.85. The minimum absolute atomic E-state index is 0.288. The van der Waals surface area contributed by atoms with E-state index >= 15 is 0 Å². The first-order valence-corrected chi connectivity index (χ1v) is 6.54. The van der Waals surface area contributed by atoms with Gasteiger partial charge in [-0.3, -0.25) is 9.69 Å². The lowest BCUT2D eigenvalue weighted by Crippen LogP contribution is -2.42. The molecule has 0 aliphatic rings. The molecule has 0 fully saturated rings. The maximum absolute atomic E-state index is 11.2. The highest BCUT2D eigenvalue weighted by Gasteiger charge is 2.30. The highest BCUT2D eigenvalue weighted by atomic mass is 16.4. The van der Waals surface area contributed by atoms with Gasteiger partial charge in [-0.05, 0) is 45.4 Å². The maximum atomic E-state index is 11.2. The van der Waals surface area contributed by atoms with Gasteiger partial charge in [-0.2, -0.15) is 0 Å². The third-order valence-corrected chi connectivity index (χ3v) is 3.27. The van der Waals surface area contributed by atoms with Gasteiger partial charge >= 0.3 is 5.97 Å². The fraction of sp³-hybridized carbons (Fsp3) is 0.533. The summed E-state index contributed by atoms with van der Waals surface area (Å²) in [6.45, 7) is 8.92. The van der Waals surface area contributed by atoms with Crippen molar-refractivity contribution in [3.05, 3.63) is 29.8 Å². The van der Waals surface area contributed by atoms with Crippen molar-refractivity contribution in [2.24, 2.45) is 5.41 Å². The lowest BCUT2D eigenvalue weighted by molar-refractivity contribution is -0.148. The zero-order valence-electron chi connectivity index (χ0n) is 12.2. The van der Waals surface area contributed by atoms with Gasteiger partial charge in [-0.1, -0.05) is 12.1 Å². The Kier molecular flexibility index (Phi) is 4.95. The SMILES string of the molecule is CC(C)N(Cc1ccc(N)cc1)CC(C)(C)C(=O)O. The maximum Gasteiger partial charge on any atom is 0.310 e. The van der Waals surface area contributed by atoms with E-state index in [0.29, 0.717) is 6.54 Å². The Balaban J connectivity index is 2.79. The first-order chi connectivity index (χ1) is 8.72. The fourth-order valence-electron chi connectivity index (χ4n) is 1.85. The molecule has 0 saturated carbocycles. The van der Waals surface area contributed by atoms with Gasteiger partial charge in [0.1, 0.15) is 0 Å². The van der Waals surface area contributed by atoms with Gasteiger partial charge in [0.25, 0.3) is 0 Å². The molecular formula is C15H24N2O2. The number of carbonyl (C=O) groups is 1. The molecule has 4 nitrogen and oxygen atoms in total. The van der Waals surface area contributed by atoms with Crippen LogP contribution in [-0.4, -0.2) is 28.6 Å². The Morgan fingerprint density at radius 1 is 1.32 bits per heavy atom. The summed E-state index contributed by atoms with van der Waals surface area (Å²) >= 11 is 0. The molecule has 4 heteroatoms. The molecule has 0 atom stereocenters. The van der Waals surface area contributed by atoms with Crippen molar-refractivity contribution in [1.29, 1.82) is 0 Å². The molecule has 106 valence electrons. The van der Waals surface area contributed by atoms with Crippen LogP contribution in [0.4, 0.5) is 5.69 Å². The predicted octanol–water partition coefficient (Wildman–Crippen LogP) is 2.59. The molecule has 1 aromatic rings. The van der Waals surface area contributed by atoms with Crippen LogP contribution in [0.5, 0.6) is 0 Å². The smallest absolute Gasteiger partial charge is 0.310 e. The number of nitrogens with two attached hydrogens (primary N) is 1. The first kappa shape index (κ1) is 15.5. The van der Waals surface area contributed by atoms with Gasteiger partial charge in [0.15, 0.2) is 0 Å². The summed E-state index contributed by atoms with van der Waals surface area (Å²) in [5.74, 6) is -0.768. The van der Waals surface area contributed by atoms with E-state index in [4.69, 9.17) is 5.73 Å². The third-order valence-electron chi connectivity index (χ3n) is 3.27. The number of carboxylic acid groups (broad SMARTS) is 1. The molecule has 19 heavy (non-hydrogen) atoms. The number of hydrogen-bond acceptors (Lipinski definition) is 3. The highest BCUT2D eigenvalue weighted by Crippen LogP contribution is 2.21. The molecule has 0 radical (unpaired) electrons. The Bertz CT molecular complexity index is 424. The van der Waals surface area contributed by atoms with Crippen molar-refractivity contribution in [3.63, 3.8) is 0 Å². The number of benzene rings is 1. The van der Waals surface area contributed by atoms with Crippen LogP contribution in [0.3, 0.4) is 0 Å². The van der Waals surface area contributed by atoms with Crippen LogP contribution in [0.2, 0.25) is 0 Å². The van der Waals surface area contributed by atoms with Crippen LogP contribution in [-0.2, 0) is 11.3 Å². The number of nitrogen functional groups attached to an aromatic ring is 1. The Morgan fingerprint density at radius 3 is 2.26 bits per heavy atom. The Hall–Kier alpha value is -1.55. The molecule has 0 unspecified atom stereocenters. The van der Waals surface area contributed by atoms with Crippen molar-refractivity contribution >= 4 is 11.7 Å². The van der Waals surface area contributed by atoms with Crippen LogP contribution < -0.4 is 5.73 Å². The molecular weight excluding hydrogens is 240 g/mol. The number of anilines is 1. The number of aliphatic carboxylic acids is 1. The Morgan fingerprint density at radius 2 is 1.84 bits per heavy atom. The van der Waals surface area contributed by atoms with E-state index in [0.717, 1.165) is 17.8 Å². The largest absolute Gasteiger partial charge is 0.481 e. The average Bonchev–Trinajstić information content (AvgIpc) is 2.30. The number of hydrogen-bond donors (Lipinski definition) is 2. The monoisotopic (exact) mass is 264 g/mol. The lowest BCUT2D eigenvalue weighted by atomic mass is 9.92. The zero-order chi connectivity index (χ0) is 14.6. The first-order valence-electron chi connectivity index (χ1n) is 6.54. The van der Waals surface area contributed by atoms with E-state index in [1.165, 1.54) is 0 Å². The average molecular weight is 264 g/mol. The van der Waals surface area contributed by atoms with Crippen molar-refractivity contribution in [2.45, 2.75) is 40.3 Å². The van der Waals surface area contributed by atoms with Crippen molar-refractivity contribution in [3.8, 4) is 0 Å². The standard InChI is InChI=1S/C15H24N2O2/c1-11(2)17(10-15(3,4)14(18)19)9-12-5-7-13(16)8-6-12/h5-8,11H,9-10,16H2,1-4H3,(H,18,19). The van der Waals surface area contributed by atoms with Crippen LogP contribution in [0.15, 0.2) is 24.3 Å². The van der Waals surface area contributed by atoms with E-state index in [2.05, 4.69) is 18.7 Å². The van der Waals surface area contributed by atoms with E-state index in [1.807, 2.05) is 24.3 Å². The molecule has 0 spiro atoms. The molecule has 0 bridgehead atoms. The Labute approximate surface area is 115 Å². The van der Waals surface area contributed by atoms with Crippen molar-refractivity contribution in [1.82, 2.24) is 4.90 Å². The molecule has 1 rings (SSSR count). The second-order valence-electron chi connectivity index (χ2n) is 5.93. The molecule has 0 aromatic heterocycles. The van der Waals surface area contributed by atoms with E-state index < -0.39 is 11.4 Å². The summed E-state index contributed by atoms with van der Waals surface area (Å²) in [4.78, 5) is 13.4. The molecule has 0 saturated heterocycles. The quantitative estimate of drug-likeness (QED) is 0.775. The highest BCUT2D eigenvalue weighted by molar-refractivity contribution is 5.73. The minimum atomic E-state index is -0.768. The van der Waals surface area contributed by atoms with Crippen LogP contribution in [0, 0.1) is 5.41 Å². The van der Waals surface area contributed by atoms with Gasteiger partial charge < -0.3 is 10.8 Å². The third kappa shape index (κ3) is 4.56. The van der Waals surface area contributed by atoms with Gasteiger partial charge in [-0.25, -0.2) is 0 Å². The van der Waals surface area contributed by atoms with Gasteiger partial charge in [-0.15, -0.1) is 0 Å². The zero-order valence-corrected chi connectivity index (χ0v) is 12.2. The molecule has 0 aliphatic carbocycles.